The van der Waals surface area contributed by atoms with Gasteiger partial charge in [-0.1, -0.05) is 23.8 Å². The molecular formula is C20H29N3O2. The summed E-state index contributed by atoms with van der Waals surface area (Å²) in [5.74, 6) is 0.603. The van der Waals surface area contributed by atoms with Crippen LogP contribution in [-0.4, -0.2) is 47.9 Å². The molecule has 1 N–H and O–H groups in total. The first-order valence-electron chi connectivity index (χ1n) is 9.30. The lowest BCUT2D eigenvalue weighted by Gasteiger charge is -2.33. The molecule has 2 fully saturated rings. The van der Waals surface area contributed by atoms with Crippen LogP contribution in [0, 0.1) is 19.8 Å². The number of hydrogen-bond acceptors (Lipinski definition) is 2. The quantitative estimate of drug-likeness (QED) is 0.914. The molecule has 1 aliphatic carbocycles. The Balaban J connectivity index is 1.46. The van der Waals surface area contributed by atoms with Crippen LogP contribution in [0.2, 0.25) is 0 Å². The van der Waals surface area contributed by atoms with Crippen molar-refractivity contribution in [2.24, 2.45) is 5.92 Å². The van der Waals surface area contributed by atoms with E-state index in [9.17, 15) is 9.59 Å². The monoisotopic (exact) mass is 343 g/mol. The van der Waals surface area contributed by atoms with Crippen molar-refractivity contribution in [3.8, 4) is 0 Å². The van der Waals surface area contributed by atoms with Gasteiger partial charge in [0.05, 0.1) is 0 Å². The number of likely N-dealkylation sites (tertiary alicyclic amines) is 1. The summed E-state index contributed by atoms with van der Waals surface area (Å²) >= 11 is 0. The second-order valence-electron chi connectivity index (χ2n) is 7.61. The second-order valence-corrected chi connectivity index (χ2v) is 7.61. The Morgan fingerprint density at radius 2 is 1.84 bits per heavy atom. The van der Waals surface area contributed by atoms with Gasteiger partial charge in [0.25, 0.3) is 0 Å². The van der Waals surface area contributed by atoms with E-state index in [0.29, 0.717) is 12.5 Å². The summed E-state index contributed by atoms with van der Waals surface area (Å²) < 4.78 is 0. The number of rotatable bonds is 4. The van der Waals surface area contributed by atoms with Gasteiger partial charge in [-0.15, -0.1) is 0 Å². The molecule has 25 heavy (non-hydrogen) atoms. The molecule has 0 spiro atoms. The van der Waals surface area contributed by atoms with Crippen LogP contribution >= 0.6 is 0 Å². The SMILES string of the molecule is Cc1ccc(CN(C)C(=O)NC2CCN(C(=O)C3CC3)CC2)c(C)c1. The molecule has 2 aliphatic rings. The van der Waals surface area contributed by atoms with Gasteiger partial charge >= 0.3 is 6.03 Å². The summed E-state index contributed by atoms with van der Waals surface area (Å²) in [6.07, 6.45) is 3.81. The first kappa shape index (κ1) is 17.8. The summed E-state index contributed by atoms with van der Waals surface area (Å²) in [4.78, 5) is 28.3. The fourth-order valence-corrected chi connectivity index (χ4v) is 3.47. The molecule has 3 amide bonds. The summed E-state index contributed by atoms with van der Waals surface area (Å²) in [5, 5.41) is 3.12. The predicted molar refractivity (Wildman–Crippen MR) is 98.2 cm³/mol. The zero-order valence-corrected chi connectivity index (χ0v) is 15.5. The summed E-state index contributed by atoms with van der Waals surface area (Å²) in [7, 11) is 1.83. The van der Waals surface area contributed by atoms with Crippen molar-refractivity contribution in [3.05, 3.63) is 34.9 Å². The Morgan fingerprint density at radius 1 is 1.16 bits per heavy atom. The number of urea groups is 1. The van der Waals surface area contributed by atoms with E-state index in [4.69, 9.17) is 0 Å². The van der Waals surface area contributed by atoms with E-state index in [0.717, 1.165) is 38.8 Å². The topological polar surface area (TPSA) is 52.7 Å². The van der Waals surface area contributed by atoms with Crippen LogP contribution in [0.1, 0.15) is 42.4 Å². The zero-order chi connectivity index (χ0) is 18.0. The Hall–Kier alpha value is -2.04. The maximum absolute atomic E-state index is 12.5. The first-order chi connectivity index (χ1) is 11.9. The van der Waals surface area contributed by atoms with E-state index < -0.39 is 0 Å². The van der Waals surface area contributed by atoms with Crippen molar-refractivity contribution in [1.29, 1.82) is 0 Å². The summed E-state index contributed by atoms with van der Waals surface area (Å²) in [6.45, 7) is 6.30. The summed E-state index contributed by atoms with van der Waals surface area (Å²) in [6, 6.07) is 6.45. The molecule has 0 atom stereocenters. The maximum atomic E-state index is 12.5. The molecule has 1 heterocycles. The fraction of sp³-hybridized carbons (Fsp3) is 0.600. The Labute approximate surface area is 150 Å². The smallest absolute Gasteiger partial charge is 0.317 e. The van der Waals surface area contributed by atoms with Crippen molar-refractivity contribution in [2.45, 2.75) is 52.1 Å². The van der Waals surface area contributed by atoms with E-state index >= 15 is 0 Å². The van der Waals surface area contributed by atoms with Crippen LogP contribution < -0.4 is 5.32 Å². The van der Waals surface area contributed by atoms with Crippen LogP contribution in [0.15, 0.2) is 18.2 Å². The second kappa shape index (κ2) is 7.46. The van der Waals surface area contributed by atoms with Crippen molar-refractivity contribution < 1.29 is 9.59 Å². The molecule has 3 rings (SSSR count). The minimum absolute atomic E-state index is 0.0352. The largest absolute Gasteiger partial charge is 0.342 e. The van der Waals surface area contributed by atoms with E-state index in [2.05, 4.69) is 37.4 Å². The maximum Gasteiger partial charge on any atom is 0.317 e. The average molecular weight is 343 g/mol. The van der Waals surface area contributed by atoms with Gasteiger partial charge in [0.1, 0.15) is 0 Å². The number of carbonyl (C=O) groups excluding carboxylic acids is 2. The molecule has 0 unspecified atom stereocenters. The molecule has 0 aromatic heterocycles. The van der Waals surface area contributed by atoms with Crippen LogP contribution in [0.5, 0.6) is 0 Å². The molecule has 1 aliphatic heterocycles. The zero-order valence-electron chi connectivity index (χ0n) is 15.5. The molecule has 0 bridgehead atoms. The molecule has 0 radical (unpaired) electrons. The number of aryl methyl sites for hydroxylation is 2. The van der Waals surface area contributed by atoms with Gasteiger partial charge in [-0.3, -0.25) is 4.79 Å². The number of piperidine rings is 1. The highest BCUT2D eigenvalue weighted by Crippen LogP contribution is 2.31. The van der Waals surface area contributed by atoms with Gasteiger partial charge in [0.2, 0.25) is 5.91 Å². The minimum Gasteiger partial charge on any atom is -0.342 e. The fourth-order valence-electron chi connectivity index (χ4n) is 3.47. The highest BCUT2D eigenvalue weighted by Gasteiger charge is 2.35. The van der Waals surface area contributed by atoms with Crippen molar-refractivity contribution >= 4 is 11.9 Å². The van der Waals surface area contributed by atoms with Gasteiger partial charge in [0.15, 0.2) is 0 Å². The van der Waals surface area contributed by atoms with Gasteiger partial charge in [0, 0.05) is 38.6 Å². The number of nitrogens with zero attached hydrogens (tertiary/aromatic N) is 2. The number of hydrogen-bond donors (Lipinski definition) is 1. The lowest BCUT2D eigenvalue weighted by atomic mass is 10.0. The van der Waals surface area contributed by atoms with Gasteiger partial charge in [-0.2, -0.15) is 0 Å². The number of nitrogens with one attached hydrogen (secondary N) is 1. The van der Waals surface area contributed by atoms with Crippen molar-refractivity contribution in [2.75, 3.05) is 20.1 Å². The minimum atomic E-state index is -0.0352. The van der Waals surface area contributed by atoms with E-state index in [1.807, 2.05) is 11.9 Å². The normalized spacial score (nSPS) is 18.1. The molecule has 5 heteroatoms. The van der Waals surface area contributed by atoms with Crippen LogP contribution in [0.25, 0.3) is 0 Å². The third kappa shape index (κ3) is 4.53. The lowest BCUT2D eigenvalue weighted by molar-refractivity contribution is -0.133. The first-order valence-corrected chi connectivity index (χ1v) is 9.30. The van der Waals surface area contributed by atoms with Gasteiger partial charge in [-0.05, 0) is 50.7 Å². The van der Waals surface area contributed by atoms with Crippen molar-refractivity contribution in [3.63, 3.8) is 0 Å². The molecule has 1 saturated heterocycles. The number of amides is 3. The Kier molecular flexibility index (Phi) is 5.30. The Morgan fingerprint density at radius 3 is 2.44 bits per heavy atom. The molecular weight excluding hydrogens is 314 g/mol. The highest BCUT2D eigenvalue weighted by atomic mass is 16.2. The van der Waals surface area contributed by atoms with Crippen molar-refractivity contribution in [1.82, 2.24) is 15.1 Å². The molecule has 5 nitrogen and oxygen atoms in total. The number of benzene rings is 1. The van der Waals surface area contributed by atoms with Crippen LogP contribution in [-0.2, 0) is 11.3 Å². The Bertz CT molecular complexity index is 646. The average Bonchev–Trinajstić information content (AvgIpc) is 3.42. The molecule has 1 aromatic rings. The van der Waals surface area contributed by atoms with Crippen LogP contribution in [0.3, 0.4) is 0 Å². The third-order valence-corrected chi connectivity index (χ3v) is 5.31. The van der Waals surface area contributed by atoms with E-state index in [1.54, 1.807) is 4.90 Å². The molecule has 1 saturated carbocycles. The lowest BCUT2D eigenvalue weighted by Crippen LogP contribution is -2.49. The predicted octanol–water partition coefficient (Wildman–Crippen LogP) is 2.85. The standard InChI is InChI=1S/C20H29N3O2/c1-14-4-5-17(15(2)12-14)13-22(3)20(25)21-18-8-10-23(11-9-18)19(24)16-6-7-16/h4-5,12,16,18H,6-11,13H2,1-3H3,(H,21,25). The van der Waals surface area contributed by atoms with E-state index in [-0.39, 0.29) is 18.0 Å². The summed E-state index contributed by atoms with van der Waals surface area (Å²) in [5.41, 5.74) is 3.63. The number of carbonyl (C=O) groups is 2. The van der Waals surface area contributed by atoms with Crippen LogP contribution in [0.4, 0.5) is 4.79 Å². The van der Waals surface area contributed by atoms with Gasteiger partial charge < -0.3 is 15.1 Å². The molecule has 136 valence electrons. The van der Waals surface area contributed by atoms with Gasteiger partial charge in [-0.25, -0.2) is 4.79 Å². The van der Waals surface area contributed by atoms with E-state index in [1.165, 1.54) is 16.7 Å². The highest BCUT2D eigenvalue weighted by molar-refractivity contribution is 5.81. The third-order valence-electron chi connectivity index (χ3n) is 5.31. The molecule has 1 aromatic carbocycles.